The standard InChI is InChI=1S/C8H14.C4H6O/c1-2-8-6-4-3-5-7-8;1-3-5-4-2/h2,8H,1,3-7H2;3-4H,1-2H2. The highest BCUT2D eigenvalue weighted by atomic mass is 16.5. The summed E-state index contributed by atoms with van der Waals surface area (Å²) in [4.78, 5) is 0. The zero-order valence-corrected chi connectivity index (χ0v) is 8.37. The van der Waals surface area contributed by atoms with Crippen molar-refractivity contribution in [3.05, 3.63) is 38.3 Å². The lowest BCUT2D eigenvalue weighted by molar-refractivity contribution is 0.406. The van der Waals surface area contributed by atoms with Gasteiger partial charge in [-0.3, -0.25) is 0 Å². The molecule has 0 radical (unpaired) electrons. The van der Waals surface area contributed by atoms with E-state index < -0.39 is 0 Å². The van der Waals surface area contributed by atoms with E-state index in [9.17, 15) is 0 Å². The lowest BCUT2D eigenvalue weighted by Gasteiger charge is -2.16. The van der Waals surface area contributed by atoms with Gasteiger partial charge in [-0.05, 0) is 18.8 Å². The van der Waals surface area contributed by atoms with Crippen LogP contribution in [0.1, 0.15) is 32.1 Å². The van der Waals surface area contributed by atoms with Crippen LogP contribution in [0.4, 0.5) is 0 Å². The molecule has 1 fully saturated rings. The van der Waals surface area contributed by atoms with Crippen LogP contribution >= 0.6 is 0 Å². The molecule has 0 bridgehead atoms. The van der Waals surface area contributed by atoms with E-state index >= 15 is 0 Å². The summed E-state index contributed by atoms with van der Waals surface area (Å²) in [5, 5.41) is 0. The average molecular weight is 180 g/mol. The van der Waals surface area contributed by atoms with Crippen LogP contribution < -0.4 is 0 Å². The highest BCUT2D eigenvalue weighted by molar-refractivity contribution is 4.80. The van der Waals surface area contributed by atoms with E-state index in [2.05, 4.69) is 30.5 Å². The van der Waals surface area contributed by atoms with Crippen LogP contribution in [0.2, 0.25) is 0 Å². The molecule has 0 heterocycles. The monoisotopic (exact) mass is 180 g/mol. The van der Waals surface area contributed by atoms with Crippen molar-refractivity contribution in [1.82, 2.24) is 0 Å². The Morgan fingerprint density at radius 3 is 1.69 bits per heavy atom. The Bertz CT molecular complexity index is 137. The third kappa shape index (κ3) is 7.38. The Kier molecular flexibility index (Phi) is 8.42. The van der Waals surface area contributed by atoms with E-state index in [-0.39, 0.29) is 0 Å². The fourth-order valence-electron chi connectivity index (χ4n) is 1.44. The van der Waals surface area contributed by atoms with Gasteiger partial charge >= 0.3 is 0 Å². The Morgan fingerprint density at radius 2 is 1.46 bits per heavy atom. The summed E-state index contributed by atoms with van der Waals surface area (Å²) in [5.41, 5.74) is 0. The van der Waals surface area contributed by atoms with Gasteiger partial charge in [-0.15, -0.1) is 6.58 Å². The first kappa shape index (κ1) is 12.0. The van der Waals surface area contributed by atoms with Gasteiger partial charge in [-0.25, -0.2) is 0 Å². The predicted molar refractivity (Wildman–Crippen MR) is 58.3 cm³/mol. The number of ether oxygens (including phenoxy) is 1. The van der Waals surface area contributed by atoms with Crippen molar-refractivity contribution in [1.29, 1.82) is 0 Å². The minimum Gasteiger partial charge on any atom is -0.474 e. The number of hydrogen-bond donors (Lipinski definition) is 0. The first-order valence-electron chi connectivity index (χ1n) is 4.85. The molecule has 0 aliphatic heterocycles. The van der Waals surface area contributed by atoms with E-state index in [4.69, 9.17) is 0 Å². The maximum Gasteiger partial charge on any atom is 0.0829 e. The highest BCUT2D eigenvalue weighted by Crippen LogP contribution is 2.23. The van der Waals surface area contributed by atoms with Gasteiger partial charge in [0.15, 0.2) is 0 Å². The summed E-state index contributed by atoms with van der Waals surface area (Å²) < 4.78 is 4.36. The molecule has 0 atom stereocenters. The Labute approximate surface area is 81.8 Å². The third-order valence-corrected chi connectivity index (χ3v) is 2.18. The molecule has 0 aromatic carbocycles. The SMILES string of the molecule is C=CC1CCCCC1.C=COC=C. The van der Waals surface area contributed by atoms with E-state index in [1.54, 1.807) is 0 Å². The molecule has 1 aliphatic rings. The molecular formula is C12H20O. The molecule has 0 amide bonds. The number of rotatable bonds is 3. The molecule has 0 N–H and O–H groups in total. The maximum atomic E-state index is 4.36. The second kappa shape index (κ2) is 9.11. The Balaban J connectivity index is 0.000000252. The molecule has 0 unspecified atom stereocenters. The fraction of sp³-hybridized carbons (Fsp3) is 0.500. The second-order valence-corrected chi connectivity index (χ2v) is 3.10. The van der Waals surface area contributed by atoms with Crippen LogP contribution in [0.25, 0.3) is 0 Å². The van der Waals surface area contributed by atoms with Crippen molar-refractivity contribution >= 4 is 0 Å². The van der Waals surface area contributed by atoms with Gasteiger partial charge in [0.2, 0.25) is 0 Å². The molecule has 0 saturated heterocycles. The van der Waals surface area contributed by atoms with Crippen LogP contribution in [0.3, 0.4) is 0 Å². The average Bonchev–Trinajstić information content (AvgIpc) is 2.21. The maximum absolute atomic E-state index is 4.36. The van der Waals surface area contributed by atoms with Gasteiger partial charge in [0.25, 0.3) is 0 Å². The van der Waals surface area contributed by atoms with Gasteiger partial charge in [0.05, 0.1) is 12.5 Å². The zero-order chi connectivity index (χ0) is 9.94. The van der Waals surface area contributed by atoms with Gasteiger partial charge < -0.3 is 4.74 Å². The summed E-state index contributed by atoms with van der Waals surface area (Å²) in [6.07, 6.45) is 11.8. The highest BCUT2D eigenvalue weighted by Gasteiger charge is 2.07. The number of allylic oxidation sites excluding steroid dienone is 1. The molecule has 1 saturated carbocycles. The summed E-state index contributed by atoms with van der Waals surface area (Å²) in [6.45, 7) is 10.3. The quantitative estimate of drug-likeness (QED) is 0.470. The zero-order valence-electron chi connectivity index (χ0n) is 8.37. The van der Waals surface area contributed by atoms with Crippen molar-refractivity contribution in [2.75, 3.05) is 0 Å². The summed E-state index contributed by atoms with van der Waals surface area (Å²) in [7, 11) is 0. The molecule has 1 nitrogen and oxygen atoms in total. The third-order valence-electron chi connectivity index (χ3n) is 2.18. The molecule has 1 heteroatoms. The van der Waals surface area contributed by atoms with Crippen molar-refractivity contribution in [3.8, 4) is 0 Å². The van der Waals surface area contributed by atoms with Gasteiger partial charge in [0.1, 0.15) is 0 Å². The van der Waals surface area contributed by atoms with Gasteiger partial charge in [-0.2, -0.15) is 0 Å². The van der Waals surface area contributed by atoms with Crippen LogP contribution in [0.15, 0.2) is 38.3 Å². The molecule has 0 aromatic rings. The Morgan fingerprint density at radius 1 is 0.923 bits per heavy atom. The summed E-state index contributed by atoms with van der Waals surface area (Å²) in [6, 6.07) is 0. The molecule has 1 aliphatic carbocycles. The molecule has 74 valence electrons. The van der Waals surface area contributed by atoms with E-state index in [1.165, 1.54) is 44.6 Å². The molecular weight excluding hydrogens is 160 g/mol. The van der Waals surface area contributed by atoms with Gasteiger partial charge in [0, 0.05) is 0 Å². The van der Waals surface area contributed by atoms with E-state index in [1.807, 2.05) is 0 Å². The Hall–Kier alpha value is -0.980. The van der Waals surface area contributed by atoms with Crippen LogP contribution in [-0.2, 0) is 4.74 Å². The molecule has 1 rings (SSSR count). The van der Waals surface area contributed by atoms with Crippen molar-refractivity contribution < 1.29 is 4.74 Å². The topological polar surface area (TPSA) is 9.23 Å². The van der Waals surface area contributed by atoms with E-state index in [0.717, 1.165) is 5.92 Å². The smallest absolute Gasteiger partial charge is 0.0829 e. The number of hydrogen-bond acceptors (Lipinski definition) is 1. The van der Waals surface area contributed by atoms with Crippen molar-refractivity contribution in [2.24, 2.45) is 5.92 Å². The van der Waals surface area contributed by atoms with Crippen LogP contribution in [0, 0.1) is 5.92 Å². The van der Waals surface area contributed by atoms with Crippen molar-refractivity contribution in [2.45, 2.75) is 32.1 Å². The molecule has 13 heavy (non-hydrogen) atoms. The predicted octanol–water partition coefficient (Wildman–Crippen LogP) is 4.04. The lowest BCUT2D eigenvalue weighted by atomic mass is 9.90. The largest absolute Gasteiger partial charge is 0.474 e. The normalized spacial score (nSPS) is 16.3. The minimum atomic E-state index is 0.851. The van der Waals surface area contributed by atoms with E-state index in [0.29, 0.717) is 0 Å². The first-order chi connectivity index (χ1) is 6.35. The molecule has 0 aromatic heterocycles. The summed E-state index contributed by atoms with van der Waals surface area (Å²) >= 11 is 0. The second-order valence-electron chi connectivity index (χ2n) is 3.10. The molecule has 0 spiro atoms. The van der Waals surface area contributed by atoms with Crippen molar-refractivity contribution in [3.63, 3.8) is 0 Å². The fourth-order valence-corrected chi connectivity index (χ4v) is 1.44. The lowest BCUT2D eigenvalue weighted by Crippen LogP contribution is -2.01. The minimum absolute atomic E-state index is 0.851. The van der Waals surface area contributed by atoms with Gasteiger partial charge in [-0.1, -0.05) is 38.5 Å². The summed E-state index contributed by atoms with van der Waals surface area (Å²) in [5.74, 6) is 0.851. The first-order valence-corrected chi connectivity index (χ1v) is 4.85. The van der Waals surface area contributed by atoms with Crippen LogP contribution in [-0.4, -0.2) is 0 Å². The van der Waals surface area contributed by atoms with Crippen LogP contribution in [0.5, 0.6) is 0 Å².